The van der Waals surface area contributed by atoms with Gasteiger partial charge in [-0.25, -0.2) is 0 Å². The Bertz CT molecular complexity index is 124. The van der Waals surface area contributed by atoms with E-state index in [2.05, 4.69) is 17.2 Å². The van der Waals surface area contributed by atoms with Gasteiger partial charge < -0.3 is 11.5 Å². The number of aliphatic imine (C=N–C) groups is 1. The van der Waals surface area contributed by atoms with Crippen LogP contribution >= 0.6 is 48.0 Å². The zero-order chi connectivity index (χ0) is 6.57. The molecule has 0 aliphatic carbocycles. The van der Waals surface area contributed by atoms with Crippen LogP contribution in [0.4, 0.5) is 0 Å². The molecule has 6 heteroatoms. The topological polar surface area (TPSA) is 64.4 Å². The molecule has 0 saturated heterocycles. The van der Waals surface area contributed by atoms with Crippen molar-refractivity contribution in [2.75, 3.05) is 6.26 Å². The molecule has 0 atom stereocenters. The SMILES string of the molecule is CS/C(N)=N/C(N)=S.I. The molecule has 0 bridgehead atoms. The van der Waals surface area contributed by atoms with Gasteiger partial charge in [0.05, 0.1) is 0 Å². The van der Waals surface area contributed by atoms with Crippen molar-refractivity contribution in [1.29, 1.82) is 0 Å². The smallest absolute Gasteiger partial charge is 0.192 e. The number of amidine groups is 1. The average molecular weight is 277 g/mol. The van der Waals surface area contributed by atoms with Gasteiger partial charge in [0.2, 0.25) is 0 Å². The lowest BCUT2D eigenvalue weighted by atomic mass is 11.1. The lowest BCUT2D eigenvalue weighted by Crippen LogP contribution is -2.12. The number of rotatable bonds is 0. The molecule has 54 valence electrons. The van der Waals surface area contributed by atoms with E-state index in [0.717, 1.165) is 0 Å². The minimum atomic E-state index is 0. The summed E-state index contributed by atoms with van der Waals surface area (Å²) in [5.41, 5.74) is 10.2. The van der Waals surface area contributed by atoms with E-state index in [1.807, 2.05) is 0 Å². The van der Waals surface area contributed by atoms with E-state index in [9.17, 15) is 0 Å². The number of nitrogens with zero attached hydrogens (tertiary/aromatic N) is 1. The molecular formula is C3H8IN3S2. The molecule has 9 heavy (non-hydrogen) atoms. The maximum Gasteiger partial charge on any atom is 0.192 e. The van der Waals surface area contributed by atoms with Crippen LogP contribution in [0.2, 0.25) is 0 Å². The molecule has 0 unspecified atom stereocenters. The highest BCUT2D eigenvalue weighted by molar-refractivity contribution is 14.0. The predicted molar refractivity (Wildman–Crippen MR) is 57.3 cm³/mol. The number of hydrogen-bond donors (Lipinski definition) is 2. The van der Waals surface area contributed by atoms with Crippen LogP contribution in [-0.2, 0) is 0 Å². The quantitative estimate of drug-likeness (QED) is 0.293. The van der Waals surface area contributed by atoms with Crippen LogP contribution in [0.3, 0.4) is 0 Å². The molecule has 0 aliphatic rings. The third-order valence-electron chi connectivity index (χ3n) is 0.430. The van der Waals surface area contributed by atoms with E-state index in [1.54, 1.807) is 6.26 Å². The van der Waals surface area contributed by atoms with Crippen molar-refractivity contribution in [2.45, 2.75) is 0 Å². The molecule has 0 aliphatic heterocycles. The van der Waals surface area contributed by atoms with E-state index in [-0.39, 0.29) is 29.1 Å². The highest BCUT2D eigenvalue weighted by Crippen LogP contribution is 1.89. The normalized spacial score (nSPS) is 10.1. The Morgan fingerprint density at radius 1 is 1.56 bits per heavy atom. The van der Waals surface area contributed by atoms with Gasteiger partial charge in [0.1, 0.15) is 0 Å². The highest BCUT2D eigenvalue weighted by Gasteiger charge is 1.85. The molecule has 4 N–H and O–H groups in total. The van der Waals surface area contributed by atoms with Gasteiger partial charge in [-0.05, 0) is 18.5 Å². The summed E-state index contributed by atoms with van der Waals surface area (Å²) < 4.78 is 0. The molecule has 3 nitrogen and oxygen atoms in total. The average Bonchev–Trinajstić information content (AvgIpc) is 1.65. The summed E-state index contributed by atoms with van der Waals surface area (Å²) in [5, 5.41) is 0.481. The van der Waals surface area contributed by atoms with E-state index in [0.29, 0.717) is 5.17 Å². The minimum absolute atomic E-state index is 0. The van der Waals surface area contributed by atoms with Gasteiger partial charge >= 0.3 is 0 Å². The van der Waals surface area contributed by atoms with Gasteiger partial charge in [-0.2, -0.15) is 4.99 Å². The first-order chi connectivity index (χ1) is 3.66. The van der Waals surface area contributed by atoms with Crippen molar-refractivity contribution in [1.82, 2.24) is 0 Å². The molecule has 0 aromatic heterocycles. The monoisotopic (exact) mass is 277 g/mol. The van der Waals surface area contributed by atoms with E-state index >= 15 is 0 Å². The lowest BCUT2D eigenvalue weighted by molar-refractivity contribution is 1.59. The standard InChI is InChI=1S/C3H7N3S2.HI/c1-8-3(5)6-2(4)7;/h1H3,(H4,4,5,6,7);1H. The second kappa shape index (κ2) is 6.56. The second-order valence-corrected chi connectivity index (χ2v) is 2.24. The molecule has 0 rings (SSSR count). The first-order valence-electron chi connectivity index (χ1n) is 1.84. The highest BCUT2D eigenvalue weighted by atomic mass is 127. The van der Waals surface area contributed by atoms with E-state index in [4.69, 9.17) is 11.5 Å². The second-order valence-electron chi connectivity index (χ2n) is 0.992. The van der Waals surface area contributed by atoms with Gasteiger partial charge in [0.15, 0.2) is 10.3 Å². The first kappa shape index (κ1) is 12.1. The fourth-order valence-corrected chi connectivity index (χ4v) is 0.500. The Morgan fingerprint density at radius 2 is 2.00 bits per heavy atom. The fourth-order valence-electron chi connectivity index (χ4n) is 0.154. The minimum Gasteiger partial charge on any atom is -0.378 e. The summed E-state index contributed by atoms with van der Waals surface area (Å²) in [4.78, 5) is 3.56. The molecule has 0 spiro atoms. The Morgan fingerprint density at radius 3 is 2.11 bits per heavy atom. The van der Waals surface area contributed by atoms with Gasteiger partial charge in [-0.1, -0.05) is 11.8 Å². The van der Waals surface area contributed by atoms with Crippen LogP contribution in [0.15, 0.2) is 4.99 Å². The van der Waals surface area contributed by atoms with Crippen LogP contribution < -0.4 is 11.5 Å². The summed E-state index contributed by atoms with van der Waals surface area (Å²) in [6.45, 7) is 0. The van der Waals surface area contributed by atoms with Gasteiger partial charge in [0, 0.05) is 0 Å². The summed E-state index contributed by atoms with van der Waals surface area (Å²) in [6, 6.07) is 0. The number of halogens is 1. The molecule has 0 amide bonds. The van der Waals surface area contributed by atoms with Crippen molar-refractivity contribution >= 4 is 58.2 Å². The maximum atomic E-state index is 5.22. The lowest BCUT2D eigenvalue weighted by Gasteiger charge is -1.89. The third kappa shape index (κ3) is 8.44. The number of nitrogens with two attached hydrogens (primary N) is 2. The Balaban J connectivity index is 0. The number of thiocarbonyl (C=S) groups is 1. The van der Waals surface area contributed by atoms with Crippen LogP contribution in [0.25, 0.3) is 0 Å². The molecular weight excluding hydrogens is 269 g/mol. The fraction of sp³-hybridized carbons (Fsp3) is 0.333. The third-order valence-corrected chi connectivity index (χ3v) is 1.03. The molecule has 0 radical (unpaired) electrons. The van der Waals surface area contributed by atoms with Gasteiger partial charge in [-0.3, -0.25) is 0 Å². The largest absolute Gasteiger partial charge is 0.378 e. The number of thioether (sulfide) groups is 1. The van der Waals surface area contributed by atoms with Crippen molar-refractivity contribution in [2.24, 2.45) is 16.5 Å². The summed E-state index contributed by atoms with van der Waals surface area (Å²) >= 11 is 5.75. The Kier molecular flexibility index (Phi) is 8.85. The van der Waals surface area contributed by atoms with Crippen molar-refractivity contribution in [3.63, 3.8) is 0 Å². The number of hydrogen-bond acceptors (Lipinski definition) is 2. The maximum absolute atomic E-state index is 5.22. The van der Waals surface area contributed by atoms with Gasteiger partial charge in [-0.15, -0.1) is 24.0 Å². The van der Waals surface area contributed by atoms with Gasteiger partial charge in [0.25, 0.3) is 0 Å². The van der Waals surface area contributed by atoms with Crippen molar-refractivity contribution in [3.05, 3.63) is 0 Å². The van der Waals surface area contributed by atoms with E-state index < -0.39 is 0 Å². The Labute approximate surface area is 80.7 Å². The predicted octanol–water partition coefficient (Wildman–Crippen LogP) is 0.526. The molecule has 0 fully saturated rings. The zero-order valence-electron chi connectivity index (χ0n) is 4.83. The molecule has 0 saturated carbocycles. The summed E-state index contributed by atoms with van der Waals surface area (Å²) in [5.74, 6) is 0. The van der Waals surface area contributed by atoms with Crippen LogP contribution in [0, 0.1) is 0 Å². The zero-order valence-corrected chi connectivity index (χ0v) is 8.79. The summed E-state index contributed by atoms with van der Waals surface area (Å²) in [6.07, 6.45) is 1.80. The van der Waals surface area contributed by atoms with Crippen LogP contribution in [-0.4, -0.2) is 16.5 Å². The Hall–Kier alpha value is 0.440. The van der Waals surface area contributed by atoms with Crippen LogP contribution in [0.5, 0.6) is 0 Å². The molecule has 0 aromatic rings. The van der Waals surface area contributed by atoms with Crippen molar-refractivity contribution < 1.29 is 0 Å². The summed E-state index contributed by atoms with van der Waals surface area (Å²) in [7, 11) is 0. The molecule has 0 aromatic carbocycles. The van der Waals surface area contributed by atoms with Crippen molar-refractivity contribution in [3.8, 4) is 0 Å². The molecule has 0 heterocycles. The van der Waals surface area contributed by atoms with E-state index in [1.165, 1.54) is 11.8 Å². The van der Waals surface area contributed by atoms with Crippen LogP contribution in [0.1, 0.15) is 0 Å². The first-order valence-corrected chi connectivity index (χ1v) is 3.47.